The van der Waals surface area contributed by atoms with Gasteiger partial charge < -0.3 is 15.4 Å². The maximum Gasteiger partial charge on any atom is 0.311 e. The third kappa shape index (κ3) is 4.93. The first-order valence-electron chi connectivity index (χ1n) is 11.6. The van der Waals surface area contributed by atoms with Crippen LogP contribution in [0, 0.1) is 17.8 Å². The molecule has 4 N–H and O–H groups in total. The zero-order chi connectivity index (χ0) is 20.2. The van der Waals surface area contributed by atoms with Crippen molar-refractivity contribution >= 4 is 11.9 Å². The second kappa shape index (κ2) is 9.73. The van der Waals surface area contributed by atoms with Crippen molar-refractivity contribution in [2.24, 2.45) is 17.8 Å². The third-order valence-corrected chi connectivity index (χ3v) is 7.38. The zero-order valence-electron chi connectivity index (χ0n) is 17.6. The Bertz CT molecular complexity index is 575. The third-order valence-electron chi connectivity index (χ3n) is 7.38. The molecule has 2 aliphatic carbocycles. The summed E-state index contributed by atoms with van der Waals surface area (Å²) >= 11 is 0. The molecule has 8 heteroatoms. The second-order valence-electron chi connectivity index (χ2n) is 9.15. The van der Waals surface area contributed by atoms with E-state index in [0.29, 0.717) is 18.4 Å². The highest BCUT2D eigenvalue weighted by Crippen LogP contribution is 2.43. The summed E-state index contributed by atoms with van der Waals surface area (Å²) in [6.07, 6.45) is 8.72. The highest BCUT2D eigenvalue weighted by Gasteiger charge is 2.43. The van der Waals surface area contributed by atoms with Gasteiger partial charge in [-0.05, 0) is 44.4 Å². The van der Waals surface area contributed by atoms with Crippen molar-refractivity contribution in [3.05, 3.63) is 0 Å². The molecule has 0 spiro atoms. The number of carbonyl (C=O) groups is 2. The van der Waals surface area contributed by atoms with E-state index in [2.05, 4.69) is 26.4 Å². The van der Waals surface area contributed by atoms with Gasteiger partial charge in [-0.25, -0.2) is 10.9 Å². The maximum atomic E-state index is 13.0. The number of nitrogens with one attached hydrogen (secondary N) is 4. The molecule has 2 aliphatic heterocycles. The molecule has 29 heavy (non-hydrogen) atoms. The van der Waals surface area contributed by atoms with Gasteiger partial charge in [0, 0.05) is 25.8 Å². The molecule has 164 valence electrons. The van der Waals surface area contributed by atoms with E-state index < -0.39 is 0 Å². The van der Waals surface area contributed by atoms with Gasteiger partial charge in [-0.2, -0.15) is 0 Å². The summed E-state index contributed by atoms with van der Waals surface area (Å²) in [5, 5.41) is 6.57. The van der Waals surface area contributed by atoms with E-state index in [9.17, 15) is 9.59 Å². The minimum Gasteiger partial charge on any atom is -0.466 e. The monoisotopic (exact) mass is 407 g/mol. The molecule has 0 aromatic heterocycles. The Morgan fingerprint density at radius 3 is 2.52 bits per heavy atom. The van der Waals surface area contributed by atoms with Crippen molar-refractivity contribution in [1.82, 2.24) is 26.4 Å². The van der Waals surface area contributed by atoms with Gasteiger partial charge in [0.15, 0.2) is 0 Å². The minimum atomic E-state index is -0.256. The van der Waals surface area contributed by atoms with Gasteiger partial charge in [0.05, 0.1) is 18.7 Å². The Morgan fingerprint density at radius 2 is 1.86 bits per heavy atom. The quantitative estimate of drug-likeness (QED) is 0.498. The van der Waals surface area contributed by atoms with Crippen molar-refractivity contribution < 1.29 is 14.3 Å². The lowest BCUT2D eigenvalue weighted by molar-refractivity contribution is -0.152. The Labute approximate surface area is 173 Å². The molecule has 8 nitrogen and oxygen atoms in total. The molecule has 0 radical (unpaired) electrons. The molecule has 4 aliphatic rings. The van der Waals surface area contributed by atoms with Crippen LogP contribution in [-0.4, -0.2) is 61.4 Å². The topological polar surface area (TPSA) is 94.7 Å². The Balaban J connectivity index is 1.34. The number of hydrogen-bond donors (Lipinski definition) is 4. The zero-order valence-corrected chi connectivity index (χ0v) is 17.6. The van der Waals surface area contributed by atoms with E-state index in [-0.39, 0.29) is 36.0 Å². The van der Waals surface area contributed by atoms with Crippen molar-refractivity contribution in [2.45, 2.75) is 76.5 Å². The normalized spacial score (nSPS) is 38.2. The smallest absolute Gasteiger partial charge is 0.311 e. The van der Waals surface area contributed by atoms with Crippen LogP contribution in [0.4, 0.5) is 0 Å². The molecule has 2 heterocycles. The number of rotatable bonds is 5. The number of esters is 1. The van der Waals surface area contributed by atoms with Crippen LogP contribution in [0.5, 0.6) is 0 Å². The van der Waals surface area contributed by atoms with Crippen molar-refractivity contribution in [1.29, 1.82) is 0 Å². The molecule has 0 aromatic rings. The van der Waals surface area contributed by atoms with Gasteiger partial charge in [0.2, 0.25) is 5.91 Å². The average Bonchev–Trinajstić information content (AvgIpc) is 3.28. The largest absolute Gasteiger partial charge is 0.466 e. The molecule has 4 rings (SSSR count). The first-order chi connectivity index (χ1) is 14.2. The van der Waals surface area contributed by atoms with E-state index in [1.54, 1.807) is 0 Å². The molecular weight excluding hydrogens is 370 g/mol. The summed E-state index contributed by atoms with van der Waals surface area (Å²) < 4.78 is 5.36. The standard InChI is InChI=1S/C21H37N5O3/c1-2-29-21(28)16-11-14-5-3-4-6-15(14)12-18(16)23-20(27)17-7-8-19(25-24-17)26-10-9-22-13-26/h14-19,22,24-25H,2-13H2,1H3,(H,23,27). The second-order valence-corrected chi connectivity index (χ2v) is 9.15. The summed E-state index contributed by atoms with van der Waals surface area (Å²) in [6, 6.07) is -0.364. The molecule has 6 atom stereocenters. The van der Waals surface area contributed by atoms with Gasteiger partial charge >= 0.3 is 5.97 Å². The summed E-state index contributed by atoms with van der Waals surface area (Å²) in [4.78, 5) is 28.0. The summed E-state index contributed by atoms with van der Waals surface area (Å²) in [7, 11) is 0. The maximum absolute atomic E-state index is 13.0. The van der Waals surface area contributed by atoms with Crippen LogP contribution >= 0.6 is 0 Å². The highest BCUT2D eigenvalue weighted by molar-refractivity contribution is 5.83. The Kier molecular flexibility index (Phi) is 7.05. The summed E-state index contributed by atoms with van der Waals surface area (Å²) in [5.41, 5.74) is 6.53. The molecule has 6 unspecified atom stereocenters. The van der Waals surface area contributed by atoms with Crippen LogP contribution in [0.3, 0.4) is 0 Å². The summed E-state index contributed by atoms with van der Waals surface area (Å²) in [6.45, 7) is 5.18. The lowest BCUT2D eigenvalue weighted by Gasteiger charge is -2.43. The first-order valence-corrected chi connectivity index (χ1v) is 11.6. The number of ether oxygens (including phenoxy) is 1. The number of carbonyl (C=O) groups excluding carboxylic acids is 2. The minimum absolute atomic E-state index is 0.00375. The van der Waals surface area contributed by atoms with E-state index in [1.807, 2.05) is 6.92 Å². The van der Waals surface area contributed by atoms with E-state index in [0.717, 1.165) is 45.4 Å². The predicted octanol–water partition coefficient (Wildman–Crippen LogP) is 0.696. The van der Waals surface area contributed by atoms with E-state index in [4.69, 9.17) is 4.74 Å². The van der Waals surface area contributed by atoms with Gasteiger partial charge in [-0.1, -0.05) is 25.7 Å². The number of hydrazine groups is 1. The first kappa shape index (κ1) is 21.0. The van der Waals surface area contributed by atoms with Gasteiger partial charge in [0.25, 0.3) is 0 Å². The molecule has 4 fully saturated rings. The van der Waals surface area contributed by atoms with Gasteiger partial charge in [-0.3, -0.25) is 14.5 Å². The van der Waals surface area contributed by atoms with Crippen LogP contribution in [0.25, 0.3) is 0 Å². The lowest BCUT2D eigenvalue weighted by Crippen LogP contribution is -2.63. The van der Waals surface area contributed by atoms with Crippen molar-refractivity contribution in [2.75, 3.05) is 26.4 Å². The highest BCUT2D eigenvalue weighted by atomic mass is 16.5. The lowest BCUT2D eigenvalue weighted by atomic mass is 9.65. The van der Waals surface area contributed by atoms with Gasteiger partial charge in [0.1, 0.15) is 6.04 Å². The SMILES string of the molecule is CCOC(=O)C1CC2CCCCC2CC1NC(=O)C1CCC(N2CCNC2)NN1. The van der Waals surface area contributed by atoms with Crippen LogP contribution < -0.4 is 21.5 Å². The van der Waals surface area contributed by atoms with Crippen LogP contribution in [0.15, 0.2) is 0 Å². The van der Waals surface area contributed by atoms with Crippen molar-refractivity contribution in [3.63, 3.8) is 0 Å². The fraction of sp³-hybridized carbons (Fsp3) is 0.905. The number of fused-ring (bicyclic) bond motifs is 1. The average molecular weight is 408 g/mol. The predicted molar refractivity (Wildman–Crippen MR) is 109 cm³/mol. The fourth-order valence-corrected chi connectivity index (χ4v) is 5.77. The Hall–Kier alpha value is -1.22. The van der Waals surface area contributed by atoms with Gasteiger partial charge in [-0.15, -0.1) is 0 Å². The fourth-order valence-electron chi connectivity index (χ4n) is 5.77. The summed E-state index contributed by atoms with van der Waals surface area (Å²) in [5.74, 6) is 0.889. The number of nitrogens with zero attached hydrogens (tertiary/aromatic N) is 1. The van der Waals surface area contributed by atoms with Crippen LogP contribution in [0.1, 0.15) is 58.3 Å². The molecule has 2 saturated heterocycles. The molecule has 2 saturated carbocycles. The van der Waals surface area contributed by atoms with E-state index in [1.165, 1.54) is 25.7 Å². The molecule has 0 bridgehead atoms. The molecule has 1 amide bonds. The van der Waals surface area contributed by atoms with Crippen LogP contribution in [0.2, 0.25) is 0 Å². The number of amides is 1. The molecule has 0 aromatic carbocycles. The van der Waals surface area contributed by atoms with E-state index >= 15 is 0 Å². The van der Waals surface area contributed by atoms with Crippen molar-refractivity contribution in [3.8, 4) is 0 Å². The van der Waals surface area contributed by atoms with Crippen LogP contribution in [-0.2, 0) is 14.3 Å². The molecular formula is C21H37N5O3. The number of hydrogen-bond acceptors (Lipinski definition) is 7. The Morgan fingerprint density at radius 1 is 1.07 bits per heavy atom.